The van der Waals surface area contributed by atoms with Crippen LogP contribution in [0.25, 0.3) is 33.7 Å². The van der Waals surface area contributed by atoms with Gasteiger partial charge in [0.2, 0.25) is 5.91 Å². The molecule has 0 bridgehead atoms. The molecule has 1 fully saturated rings. The lowest BCUT2D eigenvalue weighted by Gasteiger charge is -2.26. The fourth-order valence-corrected chi connectivity index (χ4v) is 5.21. The topological polar surface area (TPSA) is 97.1 Å². The number of imidazole rings is 1. The van der Waals surface area contributed by atoms with Gasteiger partial charge in [-0.1, -0.05) is 36.4 Å². The van der Waals surface area contributed by atoms with Crippen LogP contribution in [-0.2, 0) is 4.79 Å². The normalized spacial score (nSPS) is 15.1. The molecule has 1 atom stereocenters. The van der Waals surface area contributed by atoms with Gasteiger partial charge in [0, 0.05) is 42.9 Å². The summed E-state index contributed by atoms with van der Waals surface area (Å²) in [7, 11) is 0. The lowest BCUT2D eigenvalue weighted by atomic mass is 10.0. The third-order valence-corrected chi connectivity index (χ3v) is 7.08. The number of fused-ring (bicyclic) bond motifs is 1. The highest BCUT2D eigenvalue weighted by Crippen LogP contribution is 2.41. The number of carbonyl (C=O) groups excluding carboxylic acids is 1. The van der Waals surface area contributed by atoms with Crippen molar-refractivity contribution in [3.8, 4) is 34.1 Å². The molecule has 196 valence electrons. The molecule has 2 aromatic heterocycles. The number of aromatic nitrogens is 3. The first-order chi connectivity index (χ1) is 19.1. The Morgan fingerprint density at radius 2 is 1.90 bits per heavy atom. The quantitative estimate of drug-likeness (QED) is 0.264. The Hall–Kier alpha value is -4.56. The fourth-order valence-electron chi connectivity index (χ4n) is 5.21. The summed E-state index contributed by atoms with van der Waals surface area (Å²) in [5.41, 5.74) is 10.2. The van der Waals surface area contributed by atoms with Gasteiger partial charge >= 0.3 is 0 Å². The number of pyridine rings is 1. The molecule has 5 aromatic rings. The first-order valence-electron chi connectivity index (χ1n) is 13.1. The molecular weight excluding hydrogens is 493 g/mol. The Kier molecular flexibility index (Phi) is 6.77. The van der Waals surface area contributed by atoms with Crippen molar-refractivity contribution >= 4 is 16.9 Å². The minimum Gasteiger partial charge on any atom is -0.457 e. The van der Waals surface area contributed by atoms with E-state index in [0.29, 0.717) is 42.4 Å². The Morgan fingerprint density at radius 3 is 2.67 bits per heavy atom. The molecule has 8 heteroatoms. The van der Waals surface area contributed by atoms with Crippen LogP contribution in [0.15, 0.2) is 85.1 Å². The van der Waals surface area contributed by atoms with Crippen molar-refractivity contribution in [3.05, 3.63) is 96.4 Å². The molecule has 3 heterocycles. The van der Waals surface area contributed by atoms with Gasteiger partial charge in [0.1, 0.15) is 23.0 Å². The van der Waals surface area contributed by atoms with Gasteiger partial charge in [-0.25, -0.2) is 9.37 Å². The highest BCUT2D eigenvalue weighted by Gasteiger charge is 2.32. The van der Waals surface area contributed by atoms with Gasteiger partial charge in [-0.15, -0.1) is 0 Å². The number of rotatable bonds is 7. The number of amides is 1. The number of hydrogen-bond acceptors (Lipinski definition) is 5. The largest absolute Gasteiger partial charge is 0.457 e. The maximum Gasteiger partial charge on any atom is 0.224 e. The molecule has 0 aliphatic carbocycles. The number of ether oxygens (including phenoxy) is 1. The van der Waals surface area contributed by atoms with Crippen molar-refractivity contribution in [2.45, 2.75) is 25.3 Å². The molecule has 1 amide bonds. The predicted molar refractivity (Wildman–Crippen MR) is 149 cm³/mol. The van der Waals surface area contributed by atoms with Crippen molar-refractivity contribution in [2.75, 3.05) is 13.1 Å². The average molecular weight is 522 g/mol. The van der Waals surface area contributed by atoms with E-state index in [1.807, 2.05) is 65.6 Å². The van der Waals surface area contributed by atoms with Crippen LogP contribution < -0.4 is 10.5 Å². The van der Waals surface area contributed by atoms with Crippen LogP contribution in [0, 0.1) is 5.82 Å². The summed E-state index contributed by atoms with van der Waals surface area (Å²) in [6.07, 6.45) is 3.76. The Labute approximate surface area is 225 Å². The van der Waals surface area contributed by atoms with Gasteiger partial charge < -0.3 is 20.4 Å². The molecule has 7 nitrogen and oxygen atoms in total. The molecule has 0 saturated carbocycles. The molecule has 0 spiro atoms. The highest BCUT2D eigenvalue weighted by atomic mass is 19.1. The summed E-state index contributed by atoms with van der Waals surface area (Å²) < 4.78 is 20.7. The van der Waals surface area contributed by atoms with E-state index < -0.39 is 0 Å². The number of likely N-dealkylation sites (tertiary alicyclic amines) is 1. The van der Waals surface area contributed by atoms with Gasteiger partial charge in [0.15, 0.2) is 5.82 Å². The number of nitrogens with two attached hydrogens (primary N) is 1. The van der Waals surface area contributed by atoms with E-state index in [2.05, 4.69) is 9.97 Å². The monoisotopic (exact) mass is 521 g/mol. The zero-order valence-corrected chi connectivity index (χ0v) is 21.3. The third kappa shape index (κ3) is 4.98. The predicted octanol–water partition coefficient (Wildman–Crippen LogP) is 6.24. The number of halogens is 1. The van der Waals surface area contributed by atoms with E-state index in [9.17, 15) is 9.18 Å². The second-order valence-electron chi connectivity index (χ2n) is 9.60. The highest BCUT2D eigenvalue weighted by molar-refractivity contribution is 5.83. The van der Waals surface area contributed by atoms with Crippen molar-refractivity contribution in [1.29, 1.82) is 0 Å². The first kappa shape index (κ1) is 24.8. The maximum absolute atomic E-state index is 14.3. The average Bonchev–Trinajstić information content (AvgIpc) is 3.61. The van der Waals surface area contributed by atoms with Gasteiger partial charge in [-0.2, -0.15) is 0 Å². The molecule has 1 aliphatic heterocycles. The van der Waals surface area contributed by atoms with Gasteiger partial charge in [0.25, 0.3) is 0 Å². The Balaban J connectivity index is 1.39. The van der Waals surface area contributed by atoms with E-state index >= 15 is 0 Å². The van der Waals surface area contributed by atoms with E-state index in [1.165, 1.54) is 6.07 Å². The van der Waals surface area contributed by atoms with Crippen LogP contribution in [0.5, 0.6) is 11.5 Å². The molecule has 1 saturated heterocycles. The van der Waals surface area contributed by atoms with Gasteiger partial charge in [-0.05, 0) is 54.8 Å². The van der Waals surface area contributed by atoms with Crippen LogP contribution in [0.4, 0.5) is 4.39 Å². The molecule has 6 rings (SSSR count). The van der Waals surface area contributed by atoms with Gasteiger partial charge in [-0.3, -0.25) is 9.78 Å². The molecular formula is C31H28FN5O2. The number of H-pyrrole nitrogens is 1. The molecule has 1 unspecified atom stereocenters. The summed E-state index contributed by atoms with van der Waals surface area (Å²) >= 11 is 0. The molecule has 3 aromatic carbocycles. The van der Waals surface area contributed by atoms with Crippen LogP contribution >= 0.6 is 0 Å². The lowest BCUT2D eigenvalue weighted by Crippen LogP contribution is -2.32. The summed E-state index contributed by atoms with van der Waals surface area (Å²) in [5, 5.41) is 0. The number of nitrogens with zero attached hydrogens (tertiary/aromatic N) is 3. The second kappa shape index (κ2) is 10.7. The Morgan fingerprint density at radius 1 is 1.08 bits per heavy atom. The van der Waals surface area contributed by atoms with E-state index in [-0.39, 0.29) is 17.8 Å². The van der Waals surface area contributed by atoms with Crippen molar-refractivity contribution in [3.63, 3.8) is 0 Å². The van der Waals surface area contributed by atoms with Crippen LogP contribution in [0.3, 0.4) is 0 Å². The SMILES string of the molecule is NCCC(=O)N1CCCC1c1cc2[nH]c(-c3ccccn3)nc2cc1Oc1ccc(-c2ccccc2F)cc1. The molecule has 0 radical (unpaired) electrons. The minimum atomic E-state index is -0.274. The van der Waals surface area contributed by atoms with E-state index in [4.69, 9.17) is 15.5 Å². The summed E-state index contributed by atoms with van der Waals surface area (Å²) in [6.45, 7) is 0.993. The van der Waals surface area contributed by atoms with Crippen molar-refractivity contribution in [1.82, 2.24) is 19.9 Å². The number of carbonyl (C=O) groups is 1. The molecule has 39 heavy (non-hydrogen) atoms. The van der Waals surface area contributed by atoms with E-state index in [0.717, 1.165) is 40.7 Å². The standard InChI is InChI=1S/C31H28FN5O2/c32-24-7-2-1-6-22(24)20-10-12-21(13-11-20)39-29-19-27-26(35-31(36-27)25-8-3-4-16-34-25)18-23(29)28-9-5-17-37(28)30(38)14-15-33/h1-4,6-8,10-13,16,18-19,28H,5,9,14-15,17,33H2,(H,35,36). The summed E-state index contributed by atoms with van der Waals surface area (Å²) in [6, 6.07) is 23.5. The number of benzene rings is 3. The maximum atomic E-state index is 14.3. The van der Waals surface area contributed by atoms with E-state index in [1.54, 1.807) is 18.3 Å². The van der Waals surface area contributed by atoms with Crippen molar-refractivity contribution < 1.29 is 13.9 Å². The molecule has 3 N–H and O–H groups in total. The Bertz CT molecular complexity index is 1620. The van der Waals surface area contributed by atoms with Crippen LogP contribution in [-0.4, -0.2) is 38.8 Å². The lowest BCUT2D eigenvalue weighted by molar-refractivity contribution is -0.131. The fraction of sp³-hybridized carbons (Fsp3) is 0.194. The summed E-state index contributed by atoms with van der Waals surface area (Å²) in [5.74, 6) is 1.65. The number of hydrogen-bond donors (Lipinski definition) is 2. The van der Waals surface area contributed by atoms with Crippen LogP contribution in [0.1, 0.15) is 30.9 Å². The minimum absolute atomic E-state index is 0.0408. The smallest absolute Gasteiger partial charge is 0.224 e. The first-order valence-corrected chi connectivity index (χ1v) is 13.1. The van der Waals surface area contributed by atoms with Crippen LogP contribution in [0.2, 0.25) is 0 Å². The zero-order chi connectivity index (χ0) is 26.8. The molecule has 1 aliphatic rings. The van der Waals surface area contributed by atoms with Crippen molar-refractivity contribution in [2.24, 2.45) is 5.73 Å². The number of nitrogens with one attached hydrogen (secondary N) is 1. The second-order valence-corrected chi connectivity index (χ2v) is 9.60. The number of aromatic amines is 1. The van der Waals surface area contributed by atoms with Gasteiger partial charge in [0.05, 0.1) is 17.1 Å². The summed E-state index contributed by atoms with van der Waals surface area (Å²) in [4.78, 5) is 27.4. The third-order valence-electron chi connectivity index (χ3n) is 7.08. The zero-order valence-electron chi connectivity index (χ0n) is 21.3.